The Morgan fingerprint density at radius 2 is 2.20 bits per heavy atom. The number of ketones is 1. The second-order valence-electron chi connectivity index (χ2n) is 3.30. The lowest BCUT2D eigenvalue weighted by Crippen LogP contribution is -2.29. The number of rotatable bonds is 0. The summed E-state index contributed by atoms with van der Waals surface area (Å²) in [6, 6.07) is 0. The van der Waals surface area contributed by atoms with Gasteiger partial charge < -0.3 is 5.11 Å². The second kappa shape index (κ2) is 2.31. The SMILES string of the molecule is CC1(C)C(=O)C(Br)CC1O. The van der Waals surface area contributed by atoms with Crippen LogP contribution in [0.2, 0.25) is 0 Å². The number of hydrogen-bond donors (Lipinski definition) is 1. The molecule has 1 saturated carbocycles. The van der Waals surface area contributed by atoms with Gasteiger partial charge in [0.1, 0.15) is 0 Å². The van der Waals surface area contributed by atoms with Gasteiger partial charge in [-0.1, -0.05) is 29.8 Å². The molecule has 2 nitrogen and oxygen atoms in total. The van der Waals surface area contributed by atoms with E-state index < -0.39 is 11.5 Å². The van der Waals surface area contributed by atoms with Crippen molar-refractivity contribution < 1.29 is 9.90 Å². The average molecular weight is 207 g/mol. The lowest BCUT2D eigenvalue weighted by molar-refractivity contribution is -0.126. The maximum Gasteiger partial charge on any atom is 0.154 e. The summed E-state index contributed by atoms with van der Waals surface area (Å²) in [6.07, 6.45) is 0.0654. The van der Waals surface area contributed by atoms with Crippen LogP contribution >= 0.6 is 15.9 Å². The van der Waals surface area contributed by atoms with E-state index in [0.717, 1.165) is 0 Å². The van der Waals surface area contributed by atoms with Crippen molar-refractivity contribution in [3.05, 3.63) is 0 Å². The third-order valence-corrected chi connectivity index (χ3v) is 2.97. The number of halogens is 1. The summed E-state index contributed by atoms with van der Waals surface area (Å²) in [6.45, 7) is 3.56. The molecule has 10 heavy (non-hydrogen) atoms. The molecule has 0 bridgehead atoms. The van der Waals surface area contributed by atoms with Crippen LogP contribution in [0.3, 0.4) is 0 Å². The molecule has 58 valence electrons. The average Bonchev–Trinajstić information content (AvgIpc) is 1.97. The molecule has 1 aliphatic carbocycles. The van der Waals surface area contributed by atoms with E-state index in [-0.39, 0.29) is 10.6 Å². The fourth-order valence-electron chi connectivity index (χ4n) is 1.17. The summed E-state index contributed by atoms with van der Waals surface area (Å²) in [4.78, 5) is 11.1. The number of alkyl halides is 1. The quantitative estimate of drug-likeness (QED) is 0.604. The summed E-state index contributed by atoms with van der Waals surface area (Å²) >= 11 is 3.21. The Morgan fingerprint density at radius 1 is 1.70 bits per heavy atom. The summed E-state index contributed by atoms with van der Waals surface area (Å²) < 4.78 is 0. The van der Waals surface area contributed by atoms with Crippen LogP contribution in [0.15, 0.2) is 0 Å². The van der Waals surface area contributed by atoms with E-state index in [4.69, 9.17) is 0 Å². The van der Waals surface area contributed by atoms with E-state index in [1.165, 1.54) is 0 Å². The molecule has 0 aliphatic heterocycles. The maximum atomic E-state index is 11.2. The standard InChI is InChI=1S/C7H11BrO2/c1-7(2)5(9)3-4(8)6(7)10/h4-5,9H,3H2,1-2H3. The highest BCUT2D eigenvalue weighted by Gasteiger charge is 2.46. The molecule has 3 heteroatoms. The van der Waals surface area contributed by atoms with Gasteiger partial charge in [-0.15, -0.1) is 0 Å². The van der Waals surface area contributed by atoms with Gasteiger partial charge in [-0.3, -0.25) is 4.79 Å². The molecule has 1 fully saturated rings. The van der Waals surface area contributed by atoms with Crippen LogP contribution in [-0.4, -0.2) is 21.8 Å². The normalized spacial score (nSPS) is 38.6. The predicted octanol–water partition coefficient (Wildman–Crippen LogP) is 1.11. The van der Waals surface area contributed by atoms with E-state index in [0.29, 0.717) is 6.42 Å². The fraction of sp³-hybridized carbons (Fsp3) is 0.857. The molecule has 0 amide bonds. The Hall–Kier alpha value is 0.110. The van der Waals surface area contributed by atoms with Crippen molar-refractivity contribution in [3.8, 4) is 0 Å². The molecule has 2 atom stereocenters. The predicted molar refractivity (Wildman–Crippen MR) is 42.1 cm³/mol. The lowest BCUT2D eigenvalue weighted by atomic mass is 9.88. The number of hydrogen-bond acceptors (Lipinski definition) is 2. The maximum absolute atomic E-state index is 11.2. The fourth-order valence-corrected chi connectivity index (χ4v) is 2.11. The smallest absolute Gasteiger partial charge is 0.154 e. The Kier molecular flexibility index (Phi) is 1.90. The van der Waals surface area contributed by atoms with E-state index in [1.807, 2.05) is 0 Å². The van der Waals surface area contributed by atoms with Gasteiger partial charge in [0.15, 0.2) is 5.78 Å². The van der Waals surface area contributed by atoms with Crippen molar-refractivity contribution >= 4 is 21.7 Å². The van der Waals surface area contributed by atoms with Crippen LogP contribution in [0, 0.1) is 5.41 Å². The first-order valence-corrected chi connectivity index (χ1v) is 4.24. The summed E-state index contributed by atoms with van der Waals surface area (Å²) in [5, 5.41) is 9.35. The molecular formula is C7H11BrO2. The van der Waals surface area contributed by atoms with Crippen LogP contribution in [0.5, 0.6) is 0 Å². The number of carbonyl (C=O) groups is 1. The molecule has 2 unspecified atom stereocenters. The van der Waals surface area contributed by atoms with E-state index in [2.05, 4.69) is 15.9 Å². The summed E-state index contributed by atoms with van der Waals surface area (Å²) in [5.74, 6) is 0.111. The number of Topliss-reactive ketones (excluding diaryl/α,β-unsaturated/α-hetero) is 1. The molecule has 0 spiro atoms. The van der Waals surface area contributed by atoms with Crippen molar-refractivity contribution in [3.63, 3.8) is 0 Å². The molecule has 0 saturated heterocycles. The largest absolute Gasteiger partial charge is 0.392 e. The Morgan fingerprint density at radius 3 is 2.30 bits per heavy atom. The van der Waals surface area contributed by atoms with Crippen molar-refractivity contribution in [1.82, 2.24) is 0 Å². The number of aliphatic hydroxyl groups is 1. The molecular weight excluding hydrogens is 196 g/mol. The van der Waals surface area contributed by atoms with Crippen LogP contribution in [-0.2, 0) is 4.79 Å². The molecule has 0 aromatic heterocycles. The van der Waals surface area contributed by atoms with E-state index in [1.54, 1.807) is 13.8 Å². The molecule has 1 rings (SSSR count). The third kappa shape index (κ3) is 1.01. The van der Waals surface area contributed by atoms with Gasteiger partial charge in [0.05, 0.1) is 16.3 Å². The first-order chi connectivity index (χ1) is 4.46. The van der Waals surface area contributed by atoms with Crippen molar-refractivity contribution in [2.24, 2.45) is 5.41 Å². The van der Waals surface area contributed by atoms with E-state index in [9.17, 15) is 9.90 Å². The monoisotopic (exact) mass is 206 g/mol. The number of aliphatic hydroxyl groups excluding tert-OH is 1. The van der Waals surface area contributed by atoms with Gasteiger partial charge >= 0.3 is 0 Å². The molecule has 1 aliphatic rings. The van der Waals surface area contributed by atoms with Crippen LogP contribution in [0.1, 0.15) is 20.3 Å². The van der Waals surface area contributed by atoms with Gasteiger partial charge in [0.25, 0.3) is 0 Å². The molecule has 1 N–H and O–H groups in total. The van der Waals surface area contributed by atoms with E-state index >= 15 is 0 Å². The van der Waals surface area contributed by atoms with Crippen LogP contribution in [0.25, 0.3) is 0 Å². The molecule has 0 aromatic rings. The first kappa shape index (κ1) is 8.21. The molecule has 0 heterocycles. The first-order valence-electron chi connectivity index (χ1n) is 3.32. The second-order valence-corrected chi connectivity index (χ2v) is 4.41. The highest BCUT2D eigenvalue weighted by Crippen LogP contribution is 2.37. The lowest BCUT2D eigenvalue weighted by Gasteiger charge is -2.19. The zero-order chi connectivity index (χ0) is 7.94. The van der Waals surface area contributed by atoms with Gasteiger partial charge in [-0.2, -0.15) is 0 Å². The summed E-state index contributed by atoms with van der Waals surface area (Å²) in [5.41, 5.74) is -0.547. The minimum Gasteiger partial charge on any atom is -0.392 e. The number of carbonyl (C=O) groups excluding carboxylic acids is 1. The Bertz CT molecular complexity index is 165. The van der Waals surface area contributed by atoms with Crippen molar-refractivity contribution in [2.75, 3.05) is 0 Å². The molecule has 0 aromatic carbocycles. The Balaban J connectivity index is 2.85. The van der Waals surface area contributed by atoms with Gasteiger partial charge in [0.2, 0.25) is 0 Å². The highest BCUT2D eigenvalue weighted by atomic mass is 79.9. The summed E-state index contributed by atoms with van der Waals surface area (Å²) in [7, 11) is 0. The highest BCUT2D eigenvalue weighted by molar-refractivity contribution is 9.10. The van der Waals surface area contributed by atoms with Crippen LogP contribution in [0.4, 0.5) is 0 Å². The van der Waals surface area contributed by atoms with Crippen molar-refractivity contribution in [1.29, 1.82) is 0 Å². The van der Waals surface area contributed by atoms with Crippen molar-refractivity contribution in [2.45, 2.75) is 31.2 Å². The minimum absolute atomic E-state index is 0.111. The third-order valence-electron chi connectivity index (χ3n) is 2.18. The van der Waals surface area contributed by atoms with Crippen LogP contribution < -0.4 is 0 Å². The van der Waals surface area contributed by atoms with Gasteiger partial charge in [-0.25, -0.2) is 0 Å². The van der Waals surface area contributed by atoms with Gasteiger partial charge in [-0.05, 0) is 6.42 Å². The zero-order valence-corrected chi connectivity index (χ0v) is 7.68. The molecule has 0 radical (unpaired) electrons. The Labute approximate surface area is 68.7 Å². The van der Waals surface area contributed by atoms with Gasteiger partial charge in [0, 0.05) is 0 Å². The zero-order valence-electron chi connectivity index (χ0n) is 6.10. The topological polar surface area (TPSA) is 37.3 Å². The minimum atomic E-state index is -0.547.